The van der Waals surface area contributed by atoms with Crippen LogP contribution in [-0.4, -0.2) is 68.0 Å². The number of nitrogens with zero attached hydrogens (tertiary/aromatic N) is 3. The molecule has 1 aliphatic heterocycles. The fourth-order valence-electron chi connectivity index (χ4n) is 2.90. The lowest BCUT2D eigenvalue weighted by molar-refractivity contribution is 0.0657. The second kappa shape index (κ2) is 9.32. The molecule has 0 spiro atoms. The van der Waals surface area contributed by atoms with E-state index in [0.29, 0.717) is 55.9 Å². The zero-order valence-corrected chi connectivity index (χ0v) is 16.0. The van der Waals surface area contributed by atoms with Crippen LogP contribution in [0.1, 0.15) is 10.6 Å². The number of nitrogens with one attached hydrogen (secondary N) is 1. The maximum Gasteiger partial charge on any atom is 0.289 e. The van der Waals surface area contributed by atoms with E-state index in [1.165, 1.54) is 6.26 Å². The standard InChI is InChI=1S/C19H23ClN4O3/c1-21-19(22-8-14-27-16-6-3-2-5-15(16)20)24-11-9-23(10-12-24)18(25)17-7-4-13-26-17/h2-7,13H,8-12,14H2,1H3,(H,21,22). The predicted molar refractivity (Wildman–Crippen MR) is 104 cm³/mol. The minimum Gasteiger partial charge on any atom is -0.490 e. The van der Waals surface area contributed by atoms with Crippen LogP contribution >= 0.6 is 11.6 Å². The fraction of sp³-hybridized carbons (Fsp3) is 0.368. The number of halogens is 1. The van der Waals surface area contributed by atoms with Crippen LogP contribution in [0, 0.1) is 0 Å². The Balaban J connectivity index is 1.42. The van der Waals surface area contributed by atoms with Crippen LogP contribution in [0.5, 0.6) is 5.75 Å². The lowest BCUT2D eigenvalue weighted by Crippen LogP contribution is -2.54. The molecule has 7 nitrogen and oxygen atoms in total. The molecule has 1 saturated heterocycles. The van der Waals surface area contributed by atoms with E-state index in [2.05, 4.69) is 15.2 Å². The molecule has 0 bridgehead atoms. The third-order valence-corrected chi connectivity index (χ3v) is 4.60. The maximum atomic E-state index is 12.3. The van der Waals surface area contributed by atoms with E-state index in [1.807, 2.05) is 18.2 Å². The van der Waals surface area contributed by atoms with E-state index in [9.17, 15) is 4.79 Å². The number of carbonyl (C=O) groups excluding carboxylic acids is 1. The van der Waals surface area contributed by atoms with E-state index in [1.54, 1.807) is 30.1 Å². The number of hydrogen-bond acceptors (Lipinski definition) is 4. The zero-order valence-electron chi connectivity index (χ0n) is 15.2. The van der Waals surface area contributed by atoms with Gasteiger partial charge in [-0.05, 0) is 24.3 Å². The fourth-order valence-corrected chi connectivity index (χ4v) is 3.09. The van der Waals surface area contributed by atoms with Crippen molar-refractivity contribution in [2.24, 2.45) is 4.99 Å². The van der Waals surface area contributed by atoms with Crippen LogP contribution in [-0.2, 0) is 0 Å². The first kappa shape index (κ1) is 19.1. The molecule has 27 heavy (non-hydrogen) atoms. The van der Waals surface area contributed by atoms with Gasteiger partial charge >= 0.3 is 0 Å². The number of furan rings is 1. The third kappa shape index (κ3) is 4.95. The molecule has 2 aromatic rings. The second-order valence-corrected chi connectivity index (χ2v) is 6.42. The van der Waals surface area contributed by atoms with Gasteiger partial charge in [0.15, 0.2) is 11.7 Å². The Morgan fingerprint density at radius 1 is 1.19 bits per heavy atom. The Morgan fingerprint density at radius 3 is 2.59 bits per heavy atom. The lowest BCUT2D eigenvalue weighted by atomic mass is 10.3. The number of rotatable bonds is 5. The van der Waals surface area contributed by atoms with Crippen LogP contribution in [0.4, 0.5) is 0 Å². The average molecular weight is 391 g/mol. The highest BCUT2D eigenvalue weighted by atomic mass is 35.5. The van der Waals surface area contributed by atoms with Gasteiger partial charge in [-0.1, -0.05) is 23.7 Å². The third-order valence-electron chi connectivity index (χ3n) is 4.29. The Hall–Kier alpha value is -2.67. The van der Waals surface area contributed by atoms with Crippen LogP contribution in [0.3, 0.4) is 0 Å². The summed E-state index contributed by atoms with van der Waals surface area (Å²) < 4.78 is 10.9. The number of piperazine rings is 1. The van der Waals surface area contributed by atoms with Crippen LogP contribution in [0.15, 0.2) is 52.1 Å². The van der Waals surface area contributed by atoms with Gasteiger partial charge in [-0.2, -0.15) is 0 Å². The molecule has 0 aliphatic carbocycles. The number of benzene rings is 1. The average Bonchev–Trinajstić information content (AvgIpc) is 3.24. The number of amides is 1. The summed E-state index contributed by atoms with van der Waals surface area (Å²) in [6.45, 7) is 3.73. The van der Waals surface area contributed by atoms with Crippen molar-refractivity contribution >= 4 is 23.5 Å². The minimum atomic E-state index is -0.0734. The minimum absolute atomic E-state index is 0.0734. The van der Waals surface area contributed by atoms with Gasteiger partial charge in [0, 0.05) is 33.2 Å². The molecule has 3 rings (SSSR count). The molecule has 144 valence electrons. The van der Waals surface area contributed by atoms with Crippen molar-refractivity contribution in [1.29, 1.82) is 0 Å². The molecule has 8 heteroatoms. The smallest absolute Gasteiger partial charge is 0.289 e. The summed E-state index contributed by atoms with van der Waals surface area (Å²) in [7, 11) is 1.75. The SMILES string of the molecule is CN=C(NCCOc1ccccc1Cl)N1CCN(C(=O)c2ccco2)CC1. The quantitative estimate of drug-likeness (QED) is 0.482. The highest BCUT2D eigenvalue weighted by Gasteiger charge is 2.25. The molecule has 1 aliphatic rings. The van der Waals surface area contributed by atoms with Crippen molar-refractivity contribution in [3.63, 3.8) is 0 Å². The normalized spacial score (nSPS) is 15.0. The molecule has 1 aromatic carbocycles. The number of carbonyl (C=O) groups is 1. The zero-order chi connectivity index (χ0) is 19.1. The number of ether oxygens (including phenoxy) is 1. The first-order valence-corrected chi connectivity index (χ1v) is 9.22. The lowest BCUT2D eigenvalue weighted by Gasteiger charge is -2.36. The molecular weight excluding hydrogens is 368 g/mol. The number of guanidine groups is 1. The van der Waals surface area contributed by atoms with Crippen molar-refractivity contribution in [3.8, 4) is 5.75 Å². The molecule has 0 atom stereocenters. The Labute approximate surface area is 163 Å². The van der Waals surface area contributed by atoms with Crippen LogP contribution in [0.25, 0.3) is 0 Å². The summed E-state index contributed by atoms with van der Waals surface area (Å²) >= 11 is 6.07. The molecule has 1 aromatic heterocycles. The largest absolute Gasteiger partial charge is 0.490 e. The summed E-state index contributed by atoms with van der Waals surface area (Å²) in [5.41, 5.74) is 0. The summed E-state index contributed by atoms with van der Waals surface area (Å²) in [6, 6.07) is 10.8. The van der Waals surface area contributed by atoms with E-state index in [-0.39, 0.29) is 5.91 Å². The molecule has 0 radical (unpaired) electrons. The van der Waals surface area contributed by atoms with Crippen molar-refractivity contribution in [3.05, 3.63) is 53.4 Å². The molecule has 1 amide bonds. The second-order valence-electron chi connectivity index (χ2n) is 6.01. The number of aliphatic imine (C=N–C) groups is 1. The summed E-state index contributed by atoms with van der Waals surface area (Å²) in [6.07, 6.45) is 1.51. The van der Waals surface area contributed by atoms with Gasteiger partial charge in [0.25, 0.3) is 5.91 Å². The van der Waals surface area contributed by atoms with Crippen molar-refractivity contribution < 1.29 is 13.9 Å². The van der Waals surface area contributed by atoms with E-state index in [0.717, 1.165) is 5.96 Å². The Bertz CT molecular complexity index is 771. The van der Waals surface area contributed by atoms with E-state index in [4.69, 9.17) is 20.8 Å². The molecule has 1 fully saturated rings. The van der Waals surface area contributed by atoms with Crippen molar-refractivity contribution in [2.45, 2.75) is 0 Å². The van der Waals surface area contributed by atoms with Gasteiger partial charge in [0.1, 0.15) is 12.4 Å². The first-order chi connectivity index (χ1) is 13.2. The monoisotopic (exact) mass is 390 g/mol. The van der Waals surface area contributed by atoms with E-state index >= 15 is 0 Å². The predicted octanol–water partition coefficient (Wildman–Crippen LogP) is 2.35. The molecule has 1 N–H and O–H groups in total. The van der Waals surface area contributed by atoms with Gasteiger partial charge in [0.05, 0.1) is 17.8 Å². The topological polar surface area (TPSA) is 70.3 Å². The highest BCUT2D eigenvalue weighted by Crippen LogP contribution is 2.22. The van der Waals surface area contributed by atoms with Crippen LogP contribution < -0.4 is 10.1 Å². The molecule has 0 unspecified atom stereocenters. The Kier molecular flexibility index (Phi) is 6.59. The highest BCUT2D eigenvalue weighted by molar-refractivity contribution is 6.32. The van der Waals surface area contributed by atoms with Gasteiger partial charge < -0.3 is 24.3 Å². The molecule has 0 saturated carbocycles. The summed E-state index contributed by atoms with van der Waals surface area (Å²) in [5.74, 6) is 1.77. The van der Waals surface area contributed by atoms with Gasteiger partial charge in [0.2, 0.25) is 0 Å². The van der Waals surface area contributed by atoms with Gasteiger partial charge in [-0.3, -0.25) is 9.79 Å². The van der Waals surface area contributed by atoms with Gasteiger partial charge in [-0.15, -0.1) is 0 Å². The molecular formula is C19H23ClN4O3. The summed E-state index contributed by atoms with van der Waals surface area (Å²) in [5, 5.41) is 3.88. The number of hydrogen-bond donors (Lipinski definition) is 1. The molecule has 2 heterocycles. The number of para-hydroxylation sites is 1. The van der Waals surface area contributed by atoms with Crippen LogP contribution in [0.2, 0.25) is 5.02 Å². The van der Waals surface area contributed by atoms with Gasteiger partial charge in [-0.25, -0.2) is 0 Å². The van der Waals surface area contributed by atoms with Crippen molar-refractivity contribution in [2.75, 3.05) is 46.4 Å². The van der Waals surface area contributed by atoms with Crippen molar-refractivity contribution in [1.82, 2.24) is 15.1 Å². The Morgan fingerprint density at radius 2 is 1.93 bits per heavy atom. The van der Waals surface area contributed by atoms with E-state index < -0.39 is 0 Å². The summed E-state index contributed by atoms with van der Waals surface area (Å²) in [4.78, 5) is 20.6. The first-order valence-electron chi connectivity index (χ1n) is 8.84. The maximum absolute atomic E-state index is 12.3.